The molecule has 2 rings (SSSR count). The monoisotopic (exact) mass is 315 g/mol. The molecule has 0 aromatic carbocycles. The van der Waals surface area contributed by atoms with Crippen LogP contribution in [0.15, 0.2) is 15.9 Å². The molecule has 0 bridgehead atoms. The van der Waals surface area contributed by atoms with Gasteiger partial charge in [-0.3, -0.25) is 9.69 Å². The van der Waals surface area contributed by atoms with E-state index in [1.54, 1.807) is 11.3 Å². The SMILES string of the molecule is CN(Cc1cc(Br)cs1)C1CCCCCC1=O. The zero-order chi connectivity index (χ0) is 12.3. The van der Waals surface area contributed by atoms with E-state index >= 15 is 0 Å². The fraction of sp³-hybridized carbons (Fsp3) is 0.615. The summed E-state index contributed by atoms with van der Waals surface area (Å²) in [6.45, 7) is 0.882. The number of hydrogen-bond donors (Lipinski definition) is 0. The molecule has 1 aliphatic carbocycles. The Morgan fingerprint density at radius 3 is 3.00 bits per heavy atom. The van der Waals surface area contributed by atoms with E-state index in [-0.39, 0.29) is 6.04 Å². The molecule has 1 heterocycles. The Hall–Kier alpha value is -0.190. The molecule has 0 radical (unpaired) electrons. The van der Waals surface area contributed by atoms with E-state index in [0.29, 0.717) is 5.78 Å². The van der Waals surface area contributed by atoms with Crippen molar-refractivity contribution < 1.29 is 4.79 Å². The van der Waals surface area contributed by atoms with Crippen molar-refractivity contribution in [2.24, 2.45) is 0 Å². The van der Waals surface area contributed by atoms with Gasteiger partial charge in [0, 0.05) is 27.7 Å². The molecule has 1 aromatic heterocycles. The first-order valence-electron chi connectivity index (χ1n) is 6.12. The quantitative estimate of drug-likeness (QED) is 0.790. The minimum absolute atomic E-state index is 0.137. The third-order valence-corrected chi connectivity index (χ3v) is 5.01. The Morgan fingerprint density at radius 2 is 2.29 bits per heavy atom. The average molecular weight is 316 g/mol. The maximum atomic E-state index is 12.0. The number of Topliss-reactive ketones (excluding diaryl/α,β-unsaturated/α-hetero) is 1. The summed E-state index contributed by atoms with van der Waals surface area (Å²) in [4.78, 5) is 15.5. The molecule has 0 saturated heterocycles. The molecule has 1 aliphatic rings. The minimum atomic E-state index is 0.137. The summed E-state index contributed by atoms with van der Waals surface area (Å²) < 4.78 is 1.14. The lowest BCUT2D eigenvalue weighted by molar-refractivity contribution is -0.123. The first-order valence-corrected chi connectivity index (χ1v) is 7.80. The van der Waals surface area contributed by atoms with Crippen LogP contribution in [0.4, 0.5) is 0 Å². The first kappa shape index (κ1) is 13.2. The summed E-state index contributed by atoms with van der Waals surface area (Å²) in [7, 11) is 2.07. The van der Waals surface area contributed by atoms with Gasteiger partial charge in [-0.1, -0.05) is 12.8 Å². The van der Waals surface area contributed by atoms with Crippen molar-refractivity contribution in [3.05, 3.63) is 20.8 Å². The van der Waals surface area contributed by atoms with Crippen molar-refractivity contribution in [2.75, 3.05) is 7.05 Å². The second-order valence-electron chi connectivity index (χ2n) is 4.73. The molecule has 2 nitrogen and oxygen atoms in total. The van der Waals surface area contributed by atoms with Crippen LogP contribution in [0, 0.1) is 0 Å². The van der Waals surface area contributed by atoms with Crippen molar-refractivity contribution in [2.45, 2.75) is 44.7 Å². The maximum absolute atomic E-state index is 12.0. The molecule has 0 aliphatic heterocycles. The van der Waals surface area contributed by atoms with Crippen molar-refractivity contribution in [1.82, 2.24) is 4.90 Å². The molecule has 0 N–H and O–H groups in total. The summed E-state index contributed by atoms with van der Waals surface area (Å²) in [5.41, 5.74) is 0. The van der Waals surface area contributed by atoms with Crippen LogP contribution in [0.25, 0.3) is 0 Å². The van der Waals surface area contributed by atoms with E-state index in [2.05, 4.69) is 39.3 Å². The maximum Gasteiger partial charge on any atom is 0.149 e. The molecule has 1 fully saturated rings. The molecular formula is C13H18BrNOS. The first-order chi connectivity index (χ1) is 8.16. The molecule has 0 amide bonds. The molecule has 17 heavy (non-hydrogen) atoms. The molecule has 1 unspecified atom stereocenters. The number of carbonyl (C=O) groups excluding carboxylic acids is 1. The number of hydrogen-bond acceptors (Lipinski definition) is 3. The molecule has 1 saturated carbocycles. The Kier molecular flexibility index (Phi) is 4.77. The van der Waals surface area contributed by atoms with E-state index in [9.17, 15) is 4.79 Å². The third kappa shape index (κ3) is 3.63. The molecule has 0 spiro atoms. The van der Waals surface area contributed by atoms with Gasteiger partial charge < -0.3 is 0 Å². The highest BCUT2D eigenvalue weighted by atomic mass is 79.9. The summed E-state index contributed by atoms with van der Waals surface area (Å²) in [6, 6.07) is 2.28. The van der Waals surface area contributed by atoms with Gasteiger partial charge >= 0.3 is 0 Å². The van der Waals surface area contributed by atoms with Crippen LogP contribution in [-0.2, 0) is 11.3 Å². The molecule has 4 heteroatoms. The van der Waals surface area contributed by atoms with Crippen LogP contribution in [0.5, 0.6) is 0 Å². The lowest BCUT2D eigenvalue weighted by Gasteiger charge is -2.25. The van der Waals surface area contributed by atoms with Gasteiger partial charge in [0.05, 0.1) is 6.04 Å². The zero-order valence-corrected chi connectivity index (χ0v) is 12.5. The Bertz CT molecular complexity index is 391. The van der Waals surface area contributed by atoms with Crippen LogP contribution in [-0.4, -0.2) is 23.8 Å². The van der Waals surface area contributed by atoms with Crippen LogP contribution in [0.1, 0.15) is 37.0 Å². The van der Waals surface area contributed by atoms with Gasteiger partial charge in [-0.15, -0.1) is 11.3 Å². The van der Waals surface area contributed by atoms with Crippen LogP contribution >= 0.6 is 27.3 Å². The van der Waals surface area contributed by atoms with E-state index in [4.69, 9.17) is 0 Å². The van der Waals surface area contributed by atoms with E-state index in [1.165, 1.54) is 17.7 Å². The highest BCUT2D eigenvalue weighted by Gasteiger charge is 2.24. The van der Waals surface area contributed by atoms with Crippen molar-refractivity contribution in [3.8, 4) is 0 Å². The van der Waals surface area contributed by atoms with E-state index < -0.39 is 0 Å². The topological polar surface area (TPSA) is 20.3 Å². The normalized spacial score (nSPS) is 21.8. The second-order valence-corrected chi connectivity index (χ2v) is 6.64. The van der Waals surface area contributed by atoms with Gasteiger partial charge in [0.25, 0.3) is 0 Å². The summed E-state index contributed by atoms with van der Waals surface area (Å²) >= 11 is 5.22. The predicted molar refractivity (Wildman–Crippen MR) is 75.4 cm³/mol. The van der Waals surface area contributed by atoms with Gasteiger partial charge in [0.1, 0.15) is 5.78 Å². The third-order valence-electron chi connectivity index (χ3n) is 3.33. The number of carbonyl (C=O) groups is 1. The number of thiophene rings is 1. The smallest absolute Gasteiger partial charge is 0.149 e. The summed E-state index contributed by atoms with van der Waals surface area (Å²) in [6.07, 6.45) is 5.27. The van der Waals surface area contributed by atoms with Gasteiger partial charge in [-0.05, 0) is 41.9 Å². The highest BCUT2D eigenvalue weighted by molar-refractivity contribution is 9.10. The standard InChI is InChI=1S/C13H18BrNOS/c1-15(8-11-7-10(14)9-17-11)12-5-3-2-4-6-13(12)16/h7,9,12H,2-6,8H2,1H3. The summed E-state index contributed by atoms with van der Waals surface area (Å²) in [5.74, 6) is 0.431. The Labute approximate surface area is 115 Å². The van der Waals surface area contributed by atoms with Crippen LogP contribution < -0.4 is 0 Å². The minimum Gasteiger partial charge on any atom is -0.298 e. The molecule has 1 aromatic rings. The van der Waals surface area contributed by atoms with Crippen molar-refractivity contribution in [1.29, 1.82) is 0 Å². The number of rotatable bonds is 3. The fourth-order valence-electron chi connectivity index (χ4n) is 2.40. The van der Waals surface area contributed by atoms with Gasteiger partial charge in [0.2, 0.25) is 0 Å². The fourth-order valence-corrected chi connectivity index (χ4v) is 3.91. The number of ketones is 1. The largest absolute Gasteiger partial charge is 0.298 e. The van der Waals surface area contributed by atoms with Crippen LogP contribution in [0.2, 0.25) is 0 Å². The summed E-state index contributed by atoms with van der Waals surface area (Å²) in [5, 5.41) is 2.10. The number of halogens is 1. The van der Waals surface area contributed by atoms with Crippen LogP contribution in [0.3, 0.4) is 0 Å². The Balaban J connectivity index is 1.98. The number of likely N-dealkylation sites (N-methyl/N-ethyl adjacent to an activating group) is 1. The van der Waals surface area contributed by atoms with Gasteiger partial charge in [0.15, 0.2) is 0 Å². The molecule has 1 atom stereocenters. The van der Waals surface area contributed by atoms with Crippen molar-refractivity contribution in [3.63, 3.8) is 0 Å². The average Bonchev–Trinajstić information content (AvgIpc) is 2.57. The molecule has 94 valence electrons. The van der Waals surface area contributed by atoms with E-state index in [1.807, 2.05) is 0 Å². The number of nitrogens with zero attached hydrogens (tertiary/aromatic N) is 1. The lowest BCUT2D eigenvalue weighted by Crippen LogP contribution is -2.37. The highest BCUT2D eigenvalue weighted by Crippen LogP contribution is 2.24. The van der Waals surface area contributed by atoms with E-state index in [0.717, 1.165) is 30.3 Å². The van der Waals surface area contributed by atoms with Gasteiger partial charge in [-0.25, -0.2) is 0 Å². The predicted octanol–water partition coefficient (Wildman–Crippen LogP) is 3.84. The zero-order valence-electron chi connectivity index (χ0n) is 10.1. The molecular weight excluding hydrogens is 298 g/mol. The Morgan fingerprint density at radius 1 is 1.47 bits per heavy atom. The van der Waals surface area contributed by atoms with Crippen molar-refractivity contribution >= 4 is 33.0 Å². The van der Waals surface area contributed by atoms with Gasteiger partial charge in [-0.2, -0.15) is 0 Å². The lowest BCUT2D eigenvalue weighted by atomic mass is 10.1. The second kappa shape index (κ2) is 6.12.